The summed E-state index contributed by atoms with van der Waals surface area (Å²) in [6, 6.07) is 9.89. The summed E-state index contributed by atoms with van der Waals surface area (Å²) in [5, 5.41) is 3.14. The summed E-state index contributed by atoms with van der Waals surface area (Å²) in [5.41, 5.74) is 0.906. The summed E-state index contributed by atoms with van der Waals surface area (Å²) >= 11 is 0. The first-order valence-corrected chi connectivity index (χ1v) is 7.60. The molecule has 3 heteroatoms. The van der Waals surface area contributed by atoms with Crippen LogP contribution in [0.3, 0.4) is 0 Å². The second kappa shape index (κ2) is 7.44. The van der Waals surface area contributed by atoms with Crippen LogP contribution in [-0.2, 0) is 9.53 Å². The number of benzene rings is 1. The highest BCUT2D eigenvalue weighted by atomic mass is 16.5. The van der Waals surface area contributed by atoms with E-state index in [2.05, 4.69) is 12.2 Å². The number of ether oxygens (including phenoxy) is 1. The zero-order valence-electron chi connectivity index (χ0n) is 12.5. The number of hydrogen-bond donors (Lipinski definition) is 1. The fourth-order valence-electron chi connectivity index (χ4n) is 3.07. The highest BCUT2D eigenvalue weighted by molar-refractivity contribution is 5.82. The fraction of sp³-hybridized carbons (Fsp3) is 0.588. The van der Waals surface area contributed by atoms with Crippen molar-refractivity contribution in [3.05, 3.63) is 35.9 Å². The maximum Gasteiger partial charge on any atom is 0.253 e. The molecule has 20 heavy (non-hydrogen) atoms. The number of hydrogen-bond acceptors (Lipinski definition) is 2. The van der Waals surface area contributed by atoms with Gasteiger partial charge < -0.3 is 10.1 Å². The predicted octanol–water partition coefficient (Wildman–Crippen LogP) is 3.46. The number of methoxy groups -OCH3 is 1. The van der Waals surface area contributed by atoms with Gasteiger partial charge in [-0.25, -0.2) is 0 Å². The number of amides is 1. The molecule has 3 nitrogen and oxygen atoms in total. The first-order valence-electron chi connectivity index (χ1n) is 7.60. The van der Waals surface area contributed by atoms with E-state index in [1.54, 1.807) is 7.11 Å². The van der Waals surface area contributed by atoms with Gasteiger partial charge in [0.2, 0.25) is 0 Å². The number of nitrogens with one attached hydrogen (secondary N) is 1. The van der Waals surface area contributed by atoms with Gasteiger partial charge in [-0.05, 0) is 31.2 Å². The largest absolute Gasteiger partial charge is 0.367 e. The predicted molar refractivity (Wildman–Crippen MR) is 80.4 cm³/mol. The Hall–Kier alpha value is -1.35. The lowest BCUT2D eigenvalue weighted by Gasteiger charge is -2.29. The molecule has 0 bridgehead atoms. The van der Waals surface area contributed by atoms with Crippen molar-refractivity contribution >= 4 is 5.91 Å². The monoisotopic (exact) mass is 275 g/mol. The lowest BCUT2D eigenvalue weighted by molar-refractivity contribution is -0.132. The van der Waals surface area contributed by atoms with E-state index >= 15 is 0 Å². The molecule has 1 amide bonds. The van der Waals surface area contributed by atoms with Crippen LogP contribution in [0.5, 0.6) is 0 Å². The fourth-order valence-corrected chi connectivity index (χ4v) is 3.07. The highest BCUT2D eigenvalue weighted by Gasteiger charge is 2.25. The molecule has 0 aliphatic heterocycles. The molecule has 1 saturated carbocycles. The van der Waals surface area contributed by atoms with Gasteiger partial charge in [0.05, 0.1) is 0 Å². The number of carbonyl (C=O) groups is 1. The summed E-state index contributed by atoms with van der Waals surface area (Å²) in [5.74, 6) is 0.581. The van der Waals surface area contributed by atoms with E-state index < -0.39 is 6.10 Å². The molecule has 2 rings (SSSR count). The van der Waals surface area contributed by atoms with Crippen LogP contribution in [0.2, 0.25) is 0 Å². The molecule has 1 aromatic carbocycles. The van der Waals surface area contributed by atoms with E-state index in [1.807, 2.05) is 30.3 Å². The maximum atomic E-state index is 12.4. The van der Waals surface area contributed by atoms with Gasteiger partial charge in [0, 0.05) is 13.2 Å². The summed E-state index contributed by atoms with van der Waals surface area (Å²) in [6.45, 7) is 2.12. The topological polar surface area (TPSA) is 38.3 Å². The van der Waals surface area contributed by atoms with Crippen molar-refractivity contribution in [3.8, 4) is 0 Å². The highest BCUT2D eigenvalue weighted by Crippen LogP contribution is 2.27. The number of rotatable bonds is 5. The quantitative estimate of drug-likeness (QED) is 0.893. The lowest BCUT2D eigenvalue weighted by Crippen LogP contribution is -2.41. The first kappa shape index (κ1) is 15.0. The zero-order valence-corrected chi connectivity index (χ0v) is 12.5. The Kier molecular flexibility index (Phi) is 5.60. The molecule has 2 atom stereocenters. The zero-order chi connectivity index (χ0) is 14.4. The minimum absolute atomic E-state index is 0.0308. The smallest absolute Gasteiger partial charge is 0.253 e. The number of carbonyl (C=O) groups excluding carboxylic acids is 1. The molecule has 1 aliphatic rings. The van der Waals surface area contributed by atoms with Crippen LogP contribution in [0, 0.1) is 5.92 Å². The van der Waals surface area contributed by atoms with Crippen molar-refractivity contribution in [3.63, 3.8) is 0 Å². The Morgan fingerprint density at radius 2 is 1.85 bits per heavy atom. The van der Waals surface area contributed by atoms with Crippen molar-refractivity contribution in [2.24, 2.45) is 5.92 Å². The summed E-state index contributed by atoms with van der Waals surface area (Å²) in [7, 11) is 1.59. The molecular weight excluding hydrogens is 250 g/mol. The van der Waals surface area contributed by atoms with Crippen LogP contribution in [0.4, 0.5) is 0 Å². The molecule has 0 heterocycles. The van der Waals surface area contributed by atoms with Crippen LogP contribution in [0.15, 0.2) is 30.3 Å². The average molecular weight is 275 g/mol. The molecule has 1 aromatic rings. The van der Waals surface area contributed by atoms with E-state index in [9.17, 15) is 4.79 Å². The molecule has 0 saturated heterocycles. The molecule has 0 spiro atoms. The second-order valence-electron chi connectivity index (χ2n) is 5.72. The summed E-state index contributed by atoms with van der Waals surface area (Å²) in [6.07, 6.45) is 5.85. The molecular formula is C17H25NO2. The molecule has 1 fully saturated rings. The van der Waals surface area contributed by atoms with Gasteiger partial charge in [-0.3, -0.25) is 4.79 Å². The van der Waals surface area contributed by atoms with Crippen LogP contribution >= 0.6 is 0 Å². The third-order valence-electron chi connectivity index (χ3n) is 4.30. The second-order valence-corrected chi connectivity index (χ2v) is 5.72. The van der Waals surface area contributed by atoms with Gasteiger partial charge in [0.25, 0.3) is 5.91 Å². The minimum Gasteiger partial charge on any atom is -0.367 e. The van der Waals surface area contributed by atoms with Crippen molar-refractivity contribution in [1.82, 2.24) is 5.32 Å². The Morgan fingerprint density at radius 1 is 1.20 bits per heavy atom. The van der Waals surface area contributed by atoms with E-state index in [0.717, 1.165) is 5.56 Å². The molecule has 0 aromatic heterocycles. The lowest BCUT2D eigenvalue weighted by atomic mass is 9.84. The SMILES string of the molecule is CO[C@H](C(=O)N[C@H](C)C1CCCCC1)c1ccccc1. The Morgan fingerprint density at radius 3 is 2.45 bits per heavy atom. The van der Waals surface area contributed by atoms with Crippen molar-refractivity contribution in [1.29, 1.82) is 0 Å². The average Bonchev–Trinajstić information content (AvgIpc) is 2.50. The molecule has 110 valence electrons. The van der Waals surface area contributed by atoms with Gasteiger partial charge in [0.1, 0.15) is 0 Å². The van der Waals surface area contributed by atoms with Gasteiger partial charge >= 0.3 is 0 Å². The van der Waals surface area contributed by atoms with Gasteiger partial charge in [-0.2, -0.15) is 0 Å². The van der Waals surface area contributed by atoms with Crippen molar-refractivity contribution in [2.75, 3.05) is 7.11 Å². The van der Waals surface area contributed by atoms with Gasteiger partial charge in [-0.1, -0.05) is 49.6 Å². The Balaban J connectivity index is 1.95. The normalized spacial score (nSPS) is 19.3. The maximum absolute atomic E-state index is 12.4. The minimum atomic E-state index is -0.512. The van der Waals surface area contributed by atoms with Gasteiger partial charge in [-0.15, -0.1) is 0 Å². The third kappa shape index (κ3) is 3.83. The first-order chi connectivity index (χ1) is 9.72. The van der Waals surface area contributed by atoms with Crippen LogP contribution < -0.4 is 5.32 Å². The standard InChI is InChI=1S/C17H25NO2/c1-13(14-9-5-3-6-10-14)18-17(19)16(20-2)15-11-7-4-8-12-15/h4,7-8,11-14,16H,3,5-6,9-10H2,1-2H3,(H,18,19)/t13-,16+/m1/s1. The third-order valence-corrected chi connectivity index (χ3v) is 4.30. The molecule has 1 aliphatic carbocycles. The van der Waals surface area contributed by atoms with Crippen molar-refractivity contribution < 1.29 is 9.53 Å². The van der Waals surface area contributed by atoms with Crippen molar-refractivity contribution in [2.45, 2.75) is 51.2 Å². The van der Waals surface area contributed by atoms with E-state index in [1.165, 1.54) is 32.1 Å². The molecule has 1 N–H and O–H groups in total. The van der Waals surface area contributed by atoms with Crippen LogP contribution in [-0.4, -0.2) is 19.1 Å². The van der Waals surface area contributed by atoms with E-state index in [-0.39, 0.29) is 11.9 Å². The summed E-state index contributed by atoms with van der Waals surface area (Å²) in [4.78, 5) is 12.4. The van der Waals surface area contributed by atoms with E-state index in [4.69, 9.17) is 4.74 Å². The van der Waals surface area contributed by atoms with Crippen LogP contribution in [0.1, 0.15) is 50.7 Å². The molecule has 0 unspecified atom stereocenters. The van der Waals surface area contributed by atoms with Gasteiger partial charge in [0.15, 0.2) is 6.10 Å². The Labute approximate surface area is 121 Å². The summed E-state index contributed by atoms with van der Waals surface area (Å²) < 4.78 is 5.37. The van der Waals surface area contributed by atoms with E-state index in [0.29, 0.717) is 5.92 Å². The molecule has 0 radical (unpaired) electrons. The van der Waals surface area contributed by atoms with Crippen LogP contribution in [0.25, 0.3) is 0 Å². The Bertz CT molecular complexity index is 412.